The largest absolute Gasteiger partial charge is 0.480 e. The molecule has 96 valence electrons. The SMILES string of the molecule is O=C(O)[C@@H](Cc1ccccc1)N=Cc1ccccc1. The Balaban J connectivity index is 2.09. The summed E-state index contributed by atoms with van der Waals surface area (Å²) >= 11 is 0. The maximum atomic E-state index is 11.2. The molecule has 0 aliphatic heterocycles. The highest BCUT2D eigenvalue weighted by Crippen LogP contribution is 2.06. The molecule has 1 atom stereocenters. The van der Waals surface area contributed by atoms with E-state index in [1.165, 1.54) is 0 Å². The van der Waals surface area contributed by atoms with Crippen molar-refractivity contribution < 1.29 is 9.90 Å². The van der Waals surface area contributed by atoms with Crippen molar-refractivity contribution in [3.63, 3.8) is 0 Å². The number of carboxylic acid groups (broad SMARTS) is 1. The number of carboxylic acids is 1. The molecule has 2 aromatic carbocycles. The highest BCUT2D eigenvalue weighted by atomic mass is 16.4. The Morgan fingerprint density at radius 2 is 1.63 bits per heavy atom. The maximum Gasteiger partial charge on any atom is 0.328 e. The summed E-state index contributed by atoms with van der Waals surface area (Å²) in [5.74, 6) is -0.906. The van der Waals surface area contributed by atoms with Crippen LogP contribution in [0.1, 0.15) is 11.1 Å². The van der Waals surface area contributed by atoms with Crippen LogP contribution in [-0.4, -0.2) is 23.3 Å². The number of benzene rings is 2. The molecule has 3 nitrogen and oxygen atoms in total. The molecule has 0 saturated carbocycles. The van der Waals surface area contributed by atoms with E-state index in [1.807, 2.05) is 60.7 Å². The predicted molar refractivity (Wildman–Crippen MR) is 75.6 cm³/mol. The van der Waals surface area contributed by atoms with Crippen molar-refractivity contribution in [2.45, 2.75) is 12.5 Å². The molecule has 19 heavy (non-hydrogen) atoms. The number of carbonyl (C=O) groups is 1. The molecule has 0 heterocycles. The maximum absolute atomic E-state index is 11.2. The molecule has 2 rings (SSSR count). The topological polar surface area (TPSA) is 49.7 Å². The van der Waals surface area contributed by atoms with E-state index in [0.29, 0.717) is 6.42 Å². The fraction of sp³-hybridized carbons (Fsp3) is 0.125. The zero-order valence-corrected chi connectivity index (χ0v) is 10.4. The van der Waals surface area contributed by atoms with E-state index >= 15 is 0 Å². The molecular formula is C16H15NO2. The van der Waals surface area contributed by atoms with Gasteiger partial charge in [0.25, 0.3) is 0 Å². The molecule has 0 aliphatic rings. The first-order valence-corrected chi connectivity index (χ1v) is 6.10. The van der Waals surface area contributed by atoms with Gasteiger partial charge in [-0.05, 0) is 11.1 Å². The molecule has 0 aromatic heterocycles. The van der Waals surface area contributed by atoms with Crippen molar-refractivity contribution >= 4 is 12.2 Å². The summed E-state index contributed by atoms with van der Waals surface area (Å²) < 4.78 is 0. The number of rotatable bonds is 5. The van der Waals surface area contributed by atoms with E-state index in [1.54, 1.807) is 6.21 Å². The van der Waals surface area contributed by atoms with Gasteiger partial charge in [0.15, 0.2) is 6.04 Å². The summed E-state index contributed by atoms with van der Waals surface area (Å²) in [6, 6.07) is 18.3. The molecule has 0 radical (unpaired) electrons. The lowest BCUT2D eigenvalue weighted by Crippen LogP contribution is -2.20. The molecule has 0 bridgehead atoms. The van der Waals surface area contributed by atoms with Crippen molar-refractivity contribution in [2.24, 2.45) is 4.99 Å². The monoisotopic (exact) mass is 253 g/mol. The van der Waals surface area contributed by atoms with Crippen LogP contribution in [0.5, 0.6) is 0 Å². The number of hydrogen-bond donors (Lipinski definition) is 1. The first kappa shape index (κ1) is 13.0. The fourth-order valence-corrected chi connectivity index (χ4v) is 1.76. The number of nitrogens with zero attached hydrogens (tertiary/aromatic N) is 1. The van der Waals surface area contributed by atoms with Crippen molar-refractivity contribution in [2.75, 3.05) is 0 Å². The van der Waals surface area contributed by atoms with Crippen LogP contribution in [0.15, 0.2) is 65.7 Å². The summed E-state index contributed by atoms with van der Waals surface area (Å²) in [5, 5.41) is 9.20. The van der Waals surface area contributed by atoms with Crippen LogP contribution < -0.4 is 0 Å². The van der Waals surface area contributed by atoms with Crippen LogP contribution >= 0.6 is 0 Å². The van der Waals surface area contributed by atoms with Gasteiger partial charge in [0, 0.05) is 12.6 Å². The number of hydrogen-bond acceptors (Lipinski definition) is 2. The van der Waals surface area contributed by atoms with Crippen molar-refractivity contribution in [3.05, 3.63) is 71.8 Å². The lowest BCUT2D eigenvalue weighted by atomic mass is 10.1. The Bertz CT molecular complexity index is 549. The average molecular weight is 253 g/mol. The first-order valence-electron chi connectivity index (χ1n) is 6.10. The molecular weight excluding hydrogens is 238 g/mol. The van der Waals surface area contributed by atoms with Crippen molar-refractivity contribution in [1.29, 1.82) is 0 Å². The van der Waals surface area contributed by atoms with Crippen LogP contribution in [0, 0.1) is 0 Å². The van der Waals surface area contributed by atoms with Gasteiger partial charge in [-0.25, -0.2) is 4.79 Å². The number of aliphatic imine (C=N–C) groups is 1. The summed E-state index contributed by atoms with van der Waals surface area (Å²) in [5.41, 5.74) is 1.88. The van der Waals surface area contributed by atoms with Crippen LogP contribution in [0.3, 0.4) is 0 Å². The van der Waals surface area contributed by atoms with Gasteiger partial charge < -0.3 is 5.11 Å². The summed E-state index contributed by atoms with van der Waals surface area (Å²) in [6.07, 6.45) is 2.02. The third kappa shape index (κ3) is 4.07. The van der Waals surface area contributed by atoms with Crippen LogP contribution in [-0.2, 0) is 11.2 Å². The minimum atomic E-state index is -0.906. The van der Waals surface area contributed by atoms with E-state index in [-0.39, 0.29) is 0 Å². The molecule has 3 heteroatoms. The van der Waals surface area contributed by atoms with E-state index in [4.69, 9.17) is 0 Å². The zero-order chi connectivity index (χ0) is 13.5. The third-order valence-electron chi connectivity index (χ3n) is 2.76. The van der Waals surface area contributed by atoms with Gasteiger partial charge in [-0.3, -0.25) is 4.99 Å². The van der Waals surface area contributed by atoms with Gasteiger partial charge in [0.2, 0.25) is 0 Å². The van der Waals surface area contributed by atoms with Crippen LogP contribution in [0.2, 0.25) is 0 Å². The lowest BCUT2D eigenvalue weighted by Gasteiger charge is -2.07. The molecule has 0 fully saturated rings. The Labute approximate surface area is 112 Å². The molecule has 0 spiro atoms. The second kappa shape index (κ2) is 6.50. The van der Waals surface area contributed by atoms with Gasteiger partial charge in [-0.1, -0.05) is 60.7 Å². The summed E-state index contributed by atoms with van der Waals surface area (Å²) in [6.45, 7) is 0. The van der Waals surface area contributed by atoms with Gasteiger partial charge in [0.1, 0.15) is 0 Å². The first-order chi connectivity index (χ1) is 9.25. The Morgan fingerprint density at radius 3 is 2.21 bits per heavy atom. The second-order valence-electron chi connectivity index (χ2n) is 4.23. The van der Waals surface area contributed by atoms with Crippen LogP contribution in [0.4, 0.5) is 0 Å². The lowest BCUT2D eigenvalue weighted by molar-refractivity contribution is -0.138. The highest BCUT2D eigenvalue weighted by Gasteiger charge is 2.15. The predicted octanol–water partition coefficient (Wildman–Crippen LogP) is 2.80. The highest BCUT2D eigenvalue weighted by molar-refractivity contribution is 5.83. The Kier molecular flexibility index (Phi) is 4.45. The summed E-state index contributed by atoms with van der Waals surface area (Å²) in [7, 11) is 0. The minimum Gasteiger partial charge on any atom is -0.480 e. The fourth-order valence-electron chi connectivity index (χ4n) is 1.76. The molecule has 0 amide bonds. The quantitative estimate of drug-likeness (QED) is 0.833. The second-order valence-corrected chi connectivity index (χ2v) is 4.23. The molecule has 2 aromatic rings. The molecule has 0 unspecified atom stereocenters. The molecule has 0 saturated heterocycles. The van der Waals surface area contributed by atoms with E-state index in [9.17, 15) is 9.90 Å². The molecule has 0 aliphatic carbocycles. The summed E-state index contributed by atoms with van der Waals surface area (Å²) in [4.78, 5) is 15.4. The van der Waals surface area contributed by atoms with Gasteiger partial charge in [-0.2, -0.15) is 0 Å². The average Bonchev–Trinajstić information content (AvgIpc) is 2.45. The van der Waals surface area contributed by atoms with Gasteiger partial charge in [-0.15, -0.1) is 0 Å². The van der Waals surface area contributed by atoms with Crippen molar-refractivity contribution in [1.82, 2.24) is 0 Å². The normalized spacial score (nSPS) is 12.4. The number of aliphatic carboxylic acids is 1. The van der Waals surface area contributed by atoms with Gasteiger partial charge in [0.05, 0.1) is 0 Å². The Morgan fingerprint density at radius 1 is 1.05 bits per heavy atom. The van der Waals surface area contributed by atoms with Crippen LogP contribution in [0.25, 0.3) is 0 Å². The van der Waals surface area contributed by atoms with E-state index in [2.05, 4.69) is 4.99 Å². The van der Waals surface area contributed by atoms with E-state index < -0.39 is 12.0 Å². The van der Waals surface area contributed by atoms with E-state index in [0.717, 1.165) is 11.1 Å². The van der Waals surface area contributed by atoms with Gasteiger partial charge >= 0.3 is 5.97 Å². The smallest absolute Gasteiger partial charge is 0.328 e. The standard InChI is InChI=1S/C16H15NO2/c18-16(19)15(11-13-7-3-1-4-8-13)17-12-14-9-5-2-6-10-14/h1-10,12,15H,11H2,(H,18,19)/t15-/m1/s1. The van der Waals surface area contributed by atoms with Crippen molar-refractivity contribution in [3.8, 4) is 0 Å². The Hall–Kier alpha value is -2.42. The minimum absolute atomic E-state index is 0.402. The third-order valence-corrected chi connectivity index (χ3v) is 2.76. The molecule has 1 N–H and O–H groups in total. The zero-order valence-electron chi connectivity index (χ0n) is 10.4.